The summed E-state index contributed by atoms with van der Waals surface area (Å²) in [7, 11) is 0. The van der Waals surface area contributed by atoms with Crippen molar-refractivity contribution in [2.24, 2.45) is 11.8 Å². The van der Waals surface area contributed by atoms with Crippen molar-refractivity contribution in [2.75, 3.05) is 23.0 Å². The van der Waals surface area contributed by atoms with Crippen molar-refractivity contribution < 1.29 is 46.8 Å². The van der Waals surface area contributed by atoms with Crippen molar-refractivity contribution in [2.45, 2.75) is 50.0 Å². The van der Waals surface area contributed by atoms with Crippen molar-refractivity contribution in [3.05, 3.63) is 203 Å². The van der Waals surface area contributed by atoms with E-state index in [1.165, 1.54) is 72.8 Å². The molecule has 0 spiro atoms. The minimum atomic E-state index is -0.863. The first-order valence-electron chi connectivity index (χ1n) is 21.2. The smallest absolute Gasteiger partial charge is 0.233 e. The van der Waals surface area contributed by atoms with E-state index in [1.807, 2.05) is 60.7 Å². The molecule has 2 aliphatic rings. The van der Waals surface area contributed by atoms with Gasteiger partial charge in [-0.3, -0.25) is 9.59 Å². The Morgan fingerprint density at radius 1 is 0.469 bits per heavy atom. The Balaban J connectivity index is 0.848. The molecular formula is C52H46F4N2O6. The minimum absolute atomic E-state index is 0.128. The van der Waals surface area contributed by atoms with Crippen molar-refractivity contribution in [3.8, 4) is 11.5 Å². The number of nitrogens with zero attached hydrogens (tertiary/aromatic N) is 2. The molecule has 0 aromatic heterocycles. The fraction of sp³-hybridized carbons (Fsp3) is 0.231. The van der Waals surface area contributed by atoms with E-state index in [0.29, 0.717) is 59.7 Å². The van der Waals surface area contributed by atoms with E-state index in [4.69, 9.17) is 9.47 Å². The second-order valence-corrected chi connectivity index (χ2v) is 16.0. The van der Waals surface area contributed by atoms with Crippen LogP contribution in [0.2, 0.25) is 0 Å². The third-order valence-corrected chi connectivity index (χ3v) is 12.0. The molecule has 2 amide bonds. The summed E-state index contributed by atoms with van der Waals surface area (Å²) in [5, 5.41) is 21.6. The van der Waals surface area contributed by atoms with Gasteiger partial charge in [-0.25, -0.2) is 17.6 Å². The number of carbonyl (C=O) groups excluding carboxylic acids is 2. The molecule has 328 valence electrons. The molecule has 2 saturated heterocycles. The molecular weight excluding hydrogens is 825 g/mol. The molecule has 0 unspecified atom stereocenters. The maximum absolute atomic E-state index is 13.8. The van der Waals surface area contributed by atoms with Crippen molar-refractivity contribution >= 4 is 23.2 Å². The van der Waals surface area contributed by atoms with Crippen LogP contribution in [0.1, 0.15) is 72.2 Å². The first-order chi connectivity index (χ1) is 31.0. The Bertz CT molecular complexity index is 2360. The lowest BCUT2D eigenvalue weighted by Crippen LogP contribution is -2.55. The summed E-state index contributed by atoms with van der Waals surface area (Å²) in [5.74, 6) is -1.50. The Hall–Kier alpha value is -6.76. The van der Waals surface area contributed by atoms with Gasteiger partial charge in [-0.05, 0) is 157 Å². The Morgan fingerprint density at radius 3 is 1.11 bits per heavy atom. The fourth-order valence-corrected chi connectivity index (χ4v) is 8.53. The van der Waals surface area contributed by atoms with Gasteiger partial charge in [-0.1, -0.05) is 48.5 Å². The normalized spacial score (nSPS) is 19.3. The number of halogens is 4. The van der Waals surface area contributed by atoms with Crippen LogP contribution < -0.4 is 19.3 Å². The number of aliphatic hydroxyl groups is 2. The van der Waals surface area contributed by atoms with Gasteiger partial charge >= 0.3 is 0 Å². The first kappa shape index (κ1) is 43.9. The molecule has 2 fully saturated rings. The highest BCUT2D eigenvalue weighted by Gasteiger charge is 2.49. The van der Waals surface area contributed by atoms with Gasteiger partial charge in [-0.2, -0.15) is 0 Å². The molecule has 6 aromatic rings. The topological polar surface area (TPSA) is 99.5 Å². The van der Waals surface area contributed by atoms with Crippen molar-refractivity contribution in [1.29, 1.82) is 0 Å². The molecule has 0 aliphatic carbocycles. The maximum Gasteiger partial charge on any atom is 0.233 e. The average Bonchev–Trinajstić information content (AvgIpc) is 3.30. The second kappa shape index (κ2) is 19.7. The van der Waals surface area contributed by atoms with Gasteiger partial charge in [0.05, 0.1) is 36.1 Å². The highest BCUT2D eigenvalue weighted by Crippen LogP contribution is 2.48. The van der Waals surface area contributed by atoms with Crippen LogP contribution in [0.3, 0.4) is 0 Å². The molecule has 8 nitrogen and oxygen atoms in total. The molecule has 2 N–H and O–H groups in total. The summed E-state index contributed by atoms with van der Waals surface area (Å²) in [6, 6.07) is 37.0. The van der Waals surface area contributed by atoms with Gasteiger partial charge in [0.2, 0.25) is 11.8 Å². The van der Waals surface area contributed by atoms with Crippen LogP contribution in [-0.2, 0) is 9.59 Å². The molecule has 0 radical (unpaired) electrons. The van der Waals surface area contributed by atoms with Crippen LogP contribution in [0.4, 0.5) is 28.9 Å². The van der Waals surface area contributed by atoms with Gasteiger partial charge < -0.3 is 29.5 Å². The van der Waals surface area contributed by atoms with Crippen LogP contribution in [0.25, 0.3) is 0 Å². The SMILES string of the molecule is O=C1[C@H](CC[C@H](O)c2ccc(F)cc2)[C@@H](c2ccc(OC/C=C/COc3ccc([C@@H]4[C@@H](CC[C@H](O)c5ccc(F)cc5)C(=O)N4c4ccc(F)cc4)cc3)cc2)N1c1ccc(F)cc1. The van der Waals surface area contributed by atoms with Crippen LogP contribution in [0, 0.1) is 35.1 Å². The standard InChI is InChI=1S/C52H46F4N2O6/c53-37-11-3-33(4-12-37)47(59)29-27-45-49(57(51(45)61)41-19-15-39(55)16-20-41)35-7-23-43(24-8-35)63-31-1-2-32-64-44-25-9-36(10-26-44)50-46(28-30-48(60)34-5-13-38(54)14-6-34)52(62)58(50)42-21-17-40(56)18-22-42/h1-26,45-50,59-60H,27-32H2/b2-1+/t45-,46-,47+,48+,49-,50-/m1/s1. The van der Waals surface area contributed by atoms with Gasteiger partial charge in [0, 0.05) is 11.4 Å². The minimum Gasteiger partial charge on any atom is -0.490 e. The second-order valence-electron chi connectivity index (χ2n) is 16.0. The fourth-order valence-electron chi connectivity index (χ4n) is 8.53. The third kappa shape index (κ3) is 9.88. The quantitative estimate of drug-likeness (QED) is 0.0507. The third-order valence-electron chi connectivity index (χ3n) is 12.0. The molecule has 6 atom stereocenters. The Morgan fingerprint density at radius 2 is 0.781 bits per heavy atom. The summed E-state index contributed by atoms with van der Waals surface area (Å²) in [4.78, 5) is 30.2. The van der Waals surface area contributed by atoms with Crippen molar-refractivity contribution in [3.63, 3.8) is 0 Å². The molecule has 2 heterocycles. The van der Waals surface area contributed by atoms with E-state index in [-0.39, 0.29) is 37.1 Å². The van der Waals surface area contributed by atoms with E-state index in [0.717, 1.165) is 11.1 Å². The number of hydrogen-bond acceptors (Lipinski definition) is 6. The summed E-state index contributed by atoms with van der Waals surface area (Å²) < 4.78 is 66.3. The van der Waals surface area contributed by atoms with Crippen LogP contribution in [0.5, 0.6) is 11.5 Å². The van der Waals surface area contributed by atoms with Crippen LogP contribution >= 0.6 is 0 Å². The van der Waals surface area contributed by atoms with E-state index in [2.05, 4.69) is 0 Å². The number of anilines is 2. The summed E-state index contributed by atoms with van der Waals surface area (Å²) in [6.07, 6.45) is 3.31. The molecule has 2 aliphatic heterocycles. The lowest BCUT2D eigenvalue weighted by molar-refractivity contribution is -0.131. The van der Waals surface area contributed by atoms with E-state index >= 15 is 0 Å². The summed E-state index contributed by atoms with van der Waals surface area (Å²) >= 11 is 0. The van der Waals surface area contributed by atoms with Gasteiger partial charge in [-0.15, -0.1) is 0 Å². The number of rotatable bonds is 18. The van der Waals surface area contributed by atoms with Gasteiger partial charge in [0.1, 0.15) is 48.0 Å². The van der Waals surface area contributed by atoms with Crippen molar-refractivity contribution in [1.82, 2.24) is 0 Å². The first-order valence-corrected chi connectivity index (χ1v) is 21.2. The lowest BCUT2D eigenvalue weighted by atomic mass is 9.78. The molecule has 8 rings (SSSR count). The summed E-state index contributed by atoms with van der Waals surface area (Å²) in [5.41, 5.74) is 4.00. The zero-order chi connectivity index (χ0) is 44.7. The number of hydrogen-bond donors (Lipinski definition) is 2. The number of β-lactam (4-membered cyclic amide) rings is 2. The molecule has 0 bridgehead atoms. The zero-order valence-corrected chi connectivity index (χ0v) is 34.7. The number of ether oxygens (including phenoxy) is 2. The molecule has 64 heavy (non-hydrogen) atoms. The number of aliphatic hydroxyl groups excluding tert-OH is 2. The highest BCUT2D eigenvalue weighted by atomic mass is 19.1. The summed E-state index contributed by atoms with van der Waals surface area (Å²) in [6.45, 7) is 0.530. The largest absolute Gasteiger partial charge is 0.490 e. The predicted octanol–water partition coefficient (Wildman–Crippen LogP) is 10.7. The maximum atomic E-state index is 13.8. The predicted molar refractivity (Wildman–Crippen MR) is 234 cm³/mol. The zero-order valence-electron chi connectivity index (χ0n) is 34.7. The Labute approximate surface area is 368 Å². The molecule has 12 heteroatoms. The van der Waals surface area contributed by atoms with E-state index < -0.39 is 47.3 Å². The highest BCUT2D eigenvalue weighted by molar-refractivity contribution is 6.04. The van der Waals surface area contributed by atoms with Crippen LogP contribution in [-0.4, -0.2) is 35.2 Å². The molecule has 6 aromatic carbocycles. The number of amides is 2. The van der Waals surface area contributed by atoms with Gasteiger partial charge in [0.25, 0.3) is 0 Å². The van der Waals surface area contributed by atoms with E-state index in [1.54, 1.807) is 34.1 Å². The Kier molecular flexibility index (Phi) is 13.5. The number of carbonyl (C=O) groups is 2. The average molecular weight is 871 g/mol. The molecule has 0 saturated carbocycles. The van der Waals surface area contributed by atoms with E-state index in [9.17, 15) is 37.4 Å². The lowest BCUT2D eigenvalue weighted by Gasteiger charge is -2.48. The monoisotopic (exact) mass is 870 g/mol. The number of benzene rings is 6. The van der Waals surface area contributed by atoms with Crippen LogP contribution in [0.15, 0.2) is 158 Å². The van der Waals surface area contributed by atoms with Gasteiger partial charge in [0.15, 0.2) is 0 Å².